The summed E-state index contributed by atoms with van der Waals surface area (Å²) in [4.78, 5) is 2.43. The molecule has 0 heterocycles. The Morgan fingerprint density at radius 2 is 0.909 bits per heavy atom. The summed E-state index contributed by atoms with van der Waals surface area (Å²) in [5.41, 5.74) is 0. The Labute approximate surface area is 157 Å². The second-order valence-electron chi connectivity index (χ2n) is 5.84. The van der Waals surface area contributed by atoms with E-state index < -0.39 is 0 Å². The maximum atomic E-state index is 4.55. The first kappa shape index (κ1) is 27.8. The molecule has 0 aliphatic rings. The molecule has 0 amide bonds. The van der Waals surface area contributed by atoms with Crippen molar-refractivity contribution in [1.82, 2.24) is 4.90 Å². The van der Waals surface area contributed by atoms with Crippen LogP contribution < -0.4 is 0 Å². The Hall–Kier alpha value is 0.984. The number of hydrogen-bond acceptors (Lipinski definition) is 1. The molecule has 22 heavy (non-hydrogen) atoms. The summed E-state index contributed by atoms with van der Waals surface area (Å²) in [6.07, 6.45) is 0. The van der Waals surface area contributed by atoms with Gasteiger partial charge < -0.3 is 36.8 Å². The molecule has 0 fully saturated rings. The molecule has 0 aromatic heterocycles. The molecule has 4 nitrogen and oxygen atoms in total. The van der Waals surface area contributed by atoms with Gasteiger partial charge in [-0.25, -0.2) is 0 Å². The van der Waals surface area contributed by atoms with Crippen LogP contribution in [-0.2, 0) is 21.7 Å². The van der Waals surface area contributed by atoms with Crippen LogP contribution in [0.1, 0.15) is 41.5 Å². The third kappa shape index (κ3) is 23.3. The van der Waals surface area contributed by atoms with E-state index in [9.17, 15) is 0 Å². The van der Waals surface area contributed by atoms with Gasteiger partial charge in [-0.1, -0.05) is 41.5 Å². The fourth-order valence-electron chi connectivity index (χ4n) is 1.71. The molecule has 1 unspecified atom stereocenters. The maximum absolute atomic E-state index is 4.55. The summed E-state index contributed by atoms with van der Waals surface area (Å²) < 4.78 is 0. The van der Waals surface area contributed by atoms with Crippen LogP contribution in [0.4, 0.5) is 0 Å². The summed E-state index contributed by atoms with van der Waals surface area (Å²) in [6.45, 7) is 21.8. The van der Waals surface area contributed by atoms with Crippen molar-refractivity contribution >= 4 is 9.24 Å². The van der Waals surface area contributed by atoms with E-state index in [2.05, 4.69) is 78.3 Å². The first-order valence-corrected chi connectivity index (χ1v) is 8.86. The van der Waals surface area contributed by atoms with E-state index in [1.54, 1.807) is 0 Å². The molecule has 0 aliphatic carbocycles. The smallest absolute Gasteiger partial charge is 0.659 e. The van der Waals surface area contributed by atoms with Crippen molar-refractivity contribution in [1.29, 1.82) is 0 Å². The fourth-order valence-corrected chi connectivity index (χ4v) is 1.71. The number of hydrogen-bond donors (Lipinski definition) is 0. The summed E-state index contributed by atoms with van der Waals surface area (Å²) in [5, 5.41) is 13.6. The molecule has 0 spiro atoms. The van der Waals surface area contributed by atoms with Crippen LogP contribution in [0.15, 0.2) is 0 Å². The van der Waals surface area contributed by atoms with E-state index in [4.69, 9.17) is 0 Å². The summed E-state index contributed by atoms with van der Waals surface area (Å²) in [7, 11) is 2.17. The van der Waals surface area contributed by atoms with Crippen LogP contribution in [0.3, 0.4) is 0 Å². The van der Waals surface area contributed by atoms with Crippen LogP contribution in [0.5, 0.6) is 0 Å². The molecule has 0 radical (unpaired) electrons. The zero-order valence-electron chi connectivity index (χ0n) is 15.5. The number of rotatable bonds is 12. The molecule has 0 aromatic carbocycles. The normalized spacial score (nSPS) is 10.9. The van der Waals surface area contributed by atoms with Crippen LogP contribution in [0.2, 0.25) is 0 Å². The average Bonchev–Trinajstić information content (AvgIpc) is 2.39. The fraction of sp³-hybridized carbons (Fsp3) is 0.938. The van der Waals surface area contributed by atoms with Crippen LogP contribution in [0.25, 0.3) is 16.0 Å². The molecule has 0 saturated heterocycles. The van der Waals surface area contributed by atoms with Gasteiger partial charge in [0.1, 0.15) is 0 Å². The molecule has 6 heteroatoms. The van der Waals surface area contributed by atoms with Gasteiger partial charge in [0, 0.05) is 0 Å². The van der Waals surface area contributed by atoms with Crippen molar-refractivity contribution in [2.45, 2.75) is 59.7 Å². The van der Waals surface area contributed by atoms with Crippen LogP contribution >= 0.6 is 9.24 Å². The largest absolute Gasteiger partial charge is 4.00 e. The zero-order valence-corrected chi connectivity index (χ0v) is 18.3. The van der Waals surface area contributed by atoms with Crippen LogP contribution in [0, 0.1) is 6.66 Å². The molecule has 130 valence electrons. The molecule has 0 aromatic rings. The quantitative estimate of drug-likeness (QED) is 0.290. The van der Waals surface area contributed by atoms with Gasteiger partial charge in [0.25, 0.3) is 0 Å². The molecular weight excluding hydrogens is 327 g/mol. The Bertz CT molecular complexity index is 171. The van der Waals surface area contributed by atoms with Gasteiger partial charge in [-0.05, 0) is 19.6 Å². The van der Waals surface area contributed by atoms with Crippen molar-refractivity contribution in [2.75, 3.05) is 39.3 Å². The third-order valence-corrected chi connectivity index (χ3v) is 2.73. The Morgan fingerprint density at radius 3 is 1.09 bits per heavy atom. The first-order valence-electron chi connectivity index (χ1n) is 8.04. The van der Waals surface area contributed by atoms with Crippen molar-refractivity contribution in [3.8, 4) is 0 Å². The van der Waals surface area contributed by atoms with E-state index >= 15 is 0 Å². The van der Waals surface area contributed by atoms with E-state index in [0.717, 1.165) is 39.3 Å². The summed E-state index contributed by atoms with van der Waals surface area (Å²) in [6, 6.07) is 1.30. The monoisotopic (exact) mass is 364 g/mol. The predicted molar refractivity (Wildman–Crippen MR) is 102 cm³/mol. The van der Waals surface area contributed by atoms with Crippen molar-refractivity contribution < 1.29 is 21.7 Å². The Balaban J connectivity index is -0.00000115. The average molecular weight is 364 g/mol. The van der Waals surface area contributed by atoms with Crippen molar-refractivity contribution in [3.05, 3.63) is 22.6 Å². The van der Waals surface area contributed by atoms with Crippen LogP contribution in [-0.4, -0.2) is 62.3 Å². The van der Waals surface area contributed by atoms with Gasteiger partial charge >= 0.3 is 21.7 Å². The minimum absolute atomic E-state index is 0. The molecule has 1 atom stereocenters. The first-order chi connectivity index (χ1) is 9.91. The molecule has 0 bridgehead atoms. The summed E-state index contributed by atoms with van der Waals surface area (Å²) >= 11 is 0. The molecule has 0 saturated carbocycles. The van der Waals surface area contributed by atoms with Gasteiger partial charge in [-0.2, -0.15) is 0 Å². The third-order valence-electron chi connectivity index (χ3n) is 2.73. The standard InChI is InChI=1S/C15H33N4.CH4P.Ti/c1-13(2)16-7-10-19(11-8-17-14(3)4)12-9-18-15(5)6;1-2;/h13-15H,7-12H2,1-6H3;1-2H2;/q-3;-1;+4. The van der Waals surface area contributed by atoms with E-state index in [1.807, 2.05) is 0 Å². The minimum atomic E-state index is 0. The second-order valence-corrected chi connectivity index (χ2v) is 5.84. The Kier molecular flexibility index (Phi) is 25.3. The maximum Gasteiger partial charge on any atom is 4.00 e. The van der Waals surface area contributed by atoms with Gasteiger partial charge in [-0.15, -0.1) is 37.8 Å². The molecule has 0 aliphatic heterocycles. The predicted octanol–water partition coefficient (Wildman–Crippen LogP) is 4.29. The Morgan fingerprint density at radius 1 is 0.682 bits per heavy atom. The van der Waals surface area contributed by atoms with Gasteiger partial charge in [0.15, 0.2) is 0 Å². The van der Waals surface area contributed by atoms with Gasteiger partial charge in [-0.3, -0.25) is 0 Å². The molecule has 0 rings (SSSR count). The minimum Gasteiger partial charge on any atom is -0.659 e. The van der Waals surface area contributed by atoms with Crippen molar-refractivity contribution in [2.24, 2.45) is 0 Å². The van der Waals surface area contributed by atoms with Crippen molar-refractivity contribution in [3.63, 3.8) is 0 Å². The second kappa shape index (κ2) is 20.0. The zero-order chi connectivity index (χ0) is 16.7. The van der Waals surface area contributed by atoms with E-state index in [0.29, 0.717) is 18.1 Å². The van der Waals surface area contributed by atoms with E-state index in [-0.39, 0.29) is 21.7 Å². The van der Waals surface area contributed by atoms with Gasteiger partial charge in [0.05, 0.1) is 0 Å². The summed E-state index contributed by atoms with van der Waals surface area (Å²) in [5.74, 6) is 0. The number of nitrogens with zero attached hydrogens (tertiary/aromatic N) is 4. The SMILES string of the molecule is CC(C)[N-]CCN(CC[N-]C(C)C)CC[N-]C(C)C.[CH2-]P.[Ti+4]. The molecule has 0 N–H and O–H groups in total. The molecular formula is C16H37N4PTi. The van der Waals surface area contributed by atoms with E-state index in [1.165, 1.54) is 0 Å². The van der Waals surface area contributed by atoms with Gasteiger partial charge in [0.2, 0.25) is 0 Å². The topological polar surface area (TPSA) is 45.5 Å².